The number of hydrogen-bond acceptors (Lipinski definition) is 3. The van der Waals surface area contributed by atoms with Crippen LogP contribution in [0.1, 0.15) is 0 Å². The van der Waals surface area contributed by atoms with E-state index in [-0.39, 0.29) is 0 Å². The first-order valence-electron chi connectivity index (χ1n) is 1.78. The lowest BCUT2D eigenvalue weighted by Gasteiger charge is -1.72. The Kier molecular flexibility index (Phi) is 1.49. The van der Waals surface area contributed by atoms with E-state index in [2.05, 4.69) is 4.98 Å². The first kappa shape index (κ1) is 4.87. The van der Waals surface area contributed by atoms with Crippen LogP contribution in [0.25, 0.3) is 0 Å². The van der Waals surface area contributed by atoms with Crippen LogP contribution < -0.4 is 0 Å². The molecule has 0 fully saturated rings. The van der Waals surface area contributed by atoms with Gasteiger partial charge in [0.15, 0.2) is 0 Å². The molecule has 1 rings (SSSR count). The van der Waals surface area contributed by atoms with Gasteiger partial charge in [-0.05, 0) is 6.07 Å². The summed E-state index contributed by atoms with van der Waals surface area (Å²) in [5.74, 6) is 0. The van der Waals surface area contributed by atoms with E-state index in [0.717, 1.165) is 3.82 Å². The number of nitrogens with zero attached hydrogens (tertiary/aromatic N) is 1. The molecule has 0 amide bonds. The minimum atomic E-state index is 0.884. The fourth-order valence-corrected chi connectivity index (χ4v) is 0.825. The van der Waals surface area contributed by atoms with Crippen molar-refractivity contribution in [1.29, 1.82) is 0 Å². The Morgan fingerprint density at radius 3 is 2.86 bits per heavy atom. The Morgan fingerprint density at radius 2 is 2.57 bits per heavy atom. The highest BCUT2D eigenvalue weighted by molar-refractivity contribution is 7.73. The summed E-state index contributed by atoms with van der Waals surface area (Å²) in [7, 11) is 0. The minimum Gasteiger partial charge on any atom is -0.254 e. The summed E-state index contributed by atoms with van der Waals surface area (Å²) in [6, 6.07) is 1.81. The van der Waals surface area contributed by atoms with Gasteiger partial charge < -0.3 is 0 Å². The molecule has 0 atom stereocenters. The summed E-state index contributed by atoms with van der Waals surface area (Å²) in [6.07, 6.45) is 1.69. The van der Waals surface area contributed by atoms with Crippen molar-refractivity contribution in [1.82, 2.24) is 4.98 Å². The lowest BCUT2D eigenvalue weighted by molar-refractivity contribution is 1.39. The minimum absolute atomic E-state index is 0.884. The van der Waals surface area contributed by atoms with E-state index in [0.29, 0.717) is 0 Å². The molecule has 0 aromatic carbocycles. The molecule has 0 radical (unpaired) electrons. The molecule has 7 heavy (non-hydrogen) atoms. The standard InChI is InChI=1S/C4H3NS2/c6-4-1-2-5-3-7-4/h1-3H. The van der Waals surface area contributed by atoms with E-state index < -0.39 is 0 Å². The lowest BCUT2D eigenvalue weighted by Crippen LogP contribution is -1.57. The maximum atomic E-state index is 4.79. The molecule has 0 aliphatic carbocycles. The van der Waals surface area contributed by atoms with Gasteiger partial charge in [-0.15, -0.1) is 11.3 Å². The summed E-state index contributed by atoms with van der Waals surface area (Å²) in [5, 5.41) is 0. The summed E-state index contributed by atoms with van der Waals surface area (Å²) in [5.41, 5.74) is 1.72. The molecule has 0 saturated heterocycles. The molecule has 0 N–H and O–H groups in total. The van der Waals surface area contributed by atoms with Crippen LogP contribution in [0.4, 0.5) is 0 Å². The fourth-order valence-electron chi connectivity index (χ4n) is 0.261. The first-order valence-corrected chi connectivity index (χ1v) is 3.07. The van der Waals surface area contributed by atoms with Gasteiger partial charge in [-0.3, -0.25) is 4.98 Å². The zero-order valence-corrected chi connectivity index (χ0v) is 5.13. The van der Waals surface area contributed by atoms with E-state index >= 15 is 0 Å². The second-order valence-corrected chi connectivity index (χ2v) is 2.59. The maximum Gasteiger partial charge on any atom is 0.0930 e. The molecule has 3 heteroatoms. The van der Waals surface area contributed by atoms with Gasteiger partial charge in [-0.1, -0.05) is 12.2 Å². The predicted octanol–water partition coefficient (Wildman–Crippen LogP) is 1.87. The molecule has 1 aromatic rings. The third kappa shape index (κ3) is 1.33. The van der Waals surface area contributed by atoms with Crippen molar-refractivity contribution in [2.75, 3.05) is 0 Å². The van der Waals surface area contributed by atoms with E-state index in [1.54, 1.807) is 17.8 Å². The molecule has 1 aromatic heterocycles. The average Bonchev–Trinajstić information content (AvgIpc) is 1.69. The molecule has 1 nitrogen and oxygen atoms in total. The highest BCUT2D eigenvalue weighted by atomic mass is 32.1. The van der Waals surface area contributed by atoms with Crippen molar-refractivity contribution in [2.24, 2.45) is 0 Å². The molecule has 0 saturated carbocycles. The molecule has 1 heterocycles. The highest BCUT2D eigenvalue weighted by Gasteiger charge is 1.68. The zero-order chi connectivity index (χ0) is 5.11. The Labute approximate surface area is 50.7 Å². The molecule has 0 spiro atoms. The Hall–Kier alpha value is -0.280. The van der Waals surface area contributed by atoms with E-state index in [4.69, 9.17) is 12.2 Å². The van der Waals surface area contributed by atoms with Crippen LogP contribution in [-0.4, -0.2) is 4.98 Å². The fraction of sp³-hybridized carbons (Fsp3) is 0. The van der Waals surface area contributed by atoms with Crippen LogP contribution >= 0.6 is 23.6 Å². The summed E-state index contributed by atoms with van der Waals surface area (Å²) >= 11 is 6.26. The summed E-state index contributed by atoms with van der Waals surface area (Å²) in [4.78, 5) is 3.80. The van der Waals surface area contributed by atoms with Crippen molar-refractivity contribution in [3.63, 3.8) is 0 Å². The smallest absolute Gasteiger partial charge is 0.0930 e. The van der Waals surface area contributed by atoms with Crippen molar-refractivity contribution in [3.05, 3.63) is 21.6 Å². The van der Waals surface area contributed by atoms with Crippen molar-refractivity contribution in [3.8, 4) is 0 Å². The van der Waals surface area contributed by atoms with Crippen molar-refractivity contribution >= 4 is 23.6 Å². The van der Waals surface area contributed by atoms with Gasteiger partial charge in [0.05, 0.1) is 9.33 Å². The second kappa shape index (κ2) is 2.14. The largest absolute Gasteiger partial charge is 0.254 e. The van der Waals surface area contributed by atoms with Gasteiger partial charge in [-0.2, -0.15) is 0 Å². The topological polar surface area (TPSA) is 12.9 Å². The van der Waals surface area contributed by atoms with Gasteiger partial charge in [0, 0.05) is 6.20 Å². The molecule has 36 valence electrons. The van der Waals surface area contributed by atoms with Gasteiger partial charge in [0.1, 0.15) is 0 Å². The third-order valence-electron chi connectivity index (χ3n) is 0.526. The lowest BCUT2D eigenvalue weighted by atomic mass is 10.8. The van der Waals surface area contributed by atoms with Crippen LogP contribution in [0, 0.1) is 3.82 Å². The molecular weight excluding hydrogens is 126 g/mol. The van der Waals surface area contributed by atoms with Gasteiger partial charge >= 0.3 is 0 Å². The normalized spacial score (nSPS) is 8.57. The Morgan fingerprint density at radius 1 is 1.71 bits per heavy atom. The summed E-state index contributed by atoms with van der Waals surface area (Å²) < 4.78 is 0.884. The zero-order valence-electron chi connectivity index (χ0n) is 3.50. The molecular formula is C4H3NS2. The Bertz CT molecular complexity index is 175. The van der Waals surface area contributed by atoms with Crippen LogP contribution in [0.5, 0.6) is 0 Å². The Balaban J connectivity index is 3.28. The quantitative estimate of drug-likeness (QED) is 0.496. The molecule has 0 unspecified atom stereocenters. The number of rotatable bonds is 0. The average molecular weight is 129 g/mol. The molecule has 0 aliphatic heterocycles. The maximum absolute atomic E-state index is 4.79. The summed E-state index contributed by atoms with van der Waals surface area (Å²) in [6.45, 7) is 0. The number of aromatic nitrogens is 1. The highest BCUT2D eigenvalue weighted by Crippen LogP contribution is 1.93. The van der Waals surface area contributed by atoms with Gasteiger partial charge in [0.2, 0.25) is 0 Å². The van der Waals surface area contributed by atoms with Crippen LogP contribution in [-0.2, 0) is 0 Å². The monoisotopic (exact) mass is 129 g/mol. The van der Waals surface area contributed by atoms with Gasteiger partial charge in [0.25, 0.3) is 0 Å². The van der Waals surface area contributed by atoms with E-state index in [1.165, 1.54) is 11.3 Å². The van der Waals surface area contributed by atoms with Crippen LogP contribution in [0.2, 0.25) is 0 Å². The predicted molar refractivity (Wildman–Crippen MR) is 32.9 cm³/mol. The van der Waals surface area contributed by atoms with Crippen LogP contribution in [0.15, 0.2) is 17.8 Å². The van der Waals surface area contributed by atoms with E-state index in [1.807, 2.05) is 0 Å². The van der Waals surface area contributed by atoms with Crippen molar-refractivity contribution < 1.29 is 0 Å². The van der Waals surface area contributed by atoms with Crippen molar-refractivity contribution in [2.45, 2.75) is 0 Å². The second-order valence-electron chi connectivity index (χ2n) is 1.01. The third-order valence-corrected chi connectivity index (χ3v) is 1.55. The molecule has 0 aliphatic rings. The number of hydrogen-bond donors (Lipinski definition) is 0. The first-order chi connectivity index (χ1) is 3.39. The SMILES string of the molecule is S=c1ccncs1. The van der Waals surface area contributed by atoms with E-state index in [9.17, 15) is 0 Å². The molecule has 0 bridgehead atoms. The van der Waals surface area contributed by atoms with Crippen LogP contribution in [0.3, 0.4) is 0 Å². The van der Waals surface area contributed by atoms with Gasteiger partial charge in [-0.25, -0.2) is 0 Å².